The fourth-order valence-corrected chi connectivity index (χ4v) is 13.2. The smallest absolute Gasteiger partial charge is 0.268 e. The van der Waals surface area contributed by atoms with Crippen LogP contribution < -0.4 is 10.2 Å². The minimum Gasteiger partial charge on any atom is -0.756 e. The first kappa shape index (κ1) is 85.2. The zero-order valence-corrected chi connectivity index (χ0v) is 60.0. The van der Waals surface area contributed by atoms with Gasteiger partial charge in [-0.15, -0.1) is 0 Å². The van der Waals surface area contributed by atoms with E-state index in [2.05, 4.69) is 19.2 Å². The number of amides is 1. The average Bonchev–Trinajstić information content (AvgIpc) is 3.70. The summed E-state index contributed by atoms with van der Waals surface area (Å²) in [6.07, 6.45) is 89.6. The highest BCUT2D eigenvalue weighted by molar-refractivity contribution is 7.45. The molecule has 0 aromatic rings. The summed E-state index contributed by atoms with van der Waals surface area (Å²) in [7, 11) is 1.29. The molecule has 0 aliphatic heterocycles. The van der Waals surface area contributed by atoms with Crippen molar-refractivity contribution >= 4 is 13.7 Å². The van der Waals surface area contributed by atoms with Crippen molar-refractivity contribution in [3.05, 3.63) is 12.2 Å². The van der Waals surface area contributed by atoms with E-state index in [9.17, 15) is 19.4 Å². The molecule has 0 aromatic heterocycles. The third-order valence-electron chi connectivity index (χ3n) is 18.5. The van der Waals surface area contributed by atoms with E-state index in [4.69, 9.17) is 9.05 Å². The normalized spacial score (nSPS) is 13.5. The van der Waals surface area contributed by atoms with Gasteiger partial charge in [-0.05, 0) is 19.3 Å². The van der Waals surface area contributed by atoms with Gasteiger partial charge in [0.05, 0.1) is 39.9 Å². The number of nitrogens with zero attached hydrogens (tertiary/aromatic N) is 1. The largest absolute Gasteiger partial charge is 0.756 e. The molecule has 1 amide bonds. The summed E-state index contributed by atoms with van der Waals surface area (Å²) >= 11 is 0. The number of carbonyl (C=O) groups excluding carboxylic acids is 1. The van der Waals surface area contributed by atoms with Gasteiger partial charge in [-0.3, -0.25) is 9.36 Å². The Labute approximate surface area is 539 Å². The lowest BCUT2D eigenvalue weighted by Gasteiger charge is -2.29. The number of allylic oxidation sites excluding steroid dienone is 1. The summed E-state index contributed by atoms with van der Waals surface area (Å²) in [6, 6.07) is -0.884. The molecule has 0 aliphatic rings. The molecule has 9 heteroatoms. The van der Waals surface area contributed by atoms with Crippen LogP contribution in [0.3, 0.4) is 0 Å². The van der Waals surface area contributed by atoms with Crippen LogP contribution >= 0.6 is 7.82 Å². The van der Waals surface area contributed by atoms with E-state index < -0.39 is 20.0 Å². The van der Waals surface area contributed by atoms with Gasteiger partial charge in [0.1, 0.15) is 13.2 Å². The van der Waals surface area contributed by atoms with Gasteiger partial charge in [0.25, 0.3) is 7.82 Å². The first-order valence-electron chi connectivity index (χ1n) is 39.1. The molecular weight excluding hydrogens is 1080 g/mol. The SMILES string of the molecule is CCCCCCCCCCCCCCCCCCCCCCC/C=C/C(O)C(COP(=O)([O-])OCC[N+](C)(C)C)NC(=O)CCCCCCCCCCCCCCCCCCCCCCCCCCCCCCCCCCCCCCCCCCC. The Morgan fingerprint density at radius 2 is 0.628 bits per heavy atom. The Kier molecular flexibility index (Phi) is 68.0. The number of quaternary nitrogens is 1. The van der Waals surface area contributed by atoms with Crippen molar-refractivity contribution in [2.24, 2.45) is 0 Å². The number of phosphoric ester groups is 1. The fraction of sp³-hybridized carbons (Fsp3) is 0.961. The third kappa shape index (κ3) is 70.7. The van der Waals surface area contributed by atoms with E-state index in [1.54, 1.807) is 6.08 Å². The minimum atomic E-state index is -4.60. The van der Waals surface area contributed by atoms with Crippen LogP contribution in [0.1, 0.15) is 425 Å². The van der Waals surface area contributed by atoms with Crippen molar-refractivity contribution in [3.8, 4) is 0 Å². The molecule has 2 N–H and O–H groups in total. The molecule has 3 atom stereocenters. The van der Waals surface area contributed by atoms with E-state index >= 15 is 0 Å². The maximum absolute atomic E-state index is 13.1. The van der Waals surface area contributed by atoms with Crippen LogP contribution in [0.5, 0.6) is 0 Å². The predicted molar refractivity (Wildman–Crippen MR) is 376 cm³/mol. The summed E-state index contributed by atoms with van der Waals surface area (Å²) < 4.78 is 23.5. The lowest BCUT2D eigenvalue weighted by atomic mass is 10.0. The second-order valence-electron chi connectivity index (χ2n) is 28.4. The van der Waals surface area contributed by atoms with E-state index in [0.717, 1.165) is 38.5 Å². The van der Waals surface area contributed by atoms with Gasteiger partial charge in [0, 0.05) is 6.42 Å². The topological polar surface area (TPSA) is 108 Å². The zero-order valence-electron chi connectivity index (χ0n) is 59.1. The Morgan fingerprint density at radius 3 is 0.872 bits per heavy atom. The van der Waals surface area contributed by atoms with Crippen LogP contribution in [0.25, 0.3) is 0 Å². The van der Waals surface area contributed by atoms with E-state index in [-0.39, 0.29) is 19.1 Å². The Morgan fingerprint density at radius 1 is 0.395 bits per heavy atom. The van der Waals surface area contributed by atoms with Gasteiger partial charge in [-0.25, -0.2) is 0 Å². The number of aliphatic hydroxyl groups is 1. The number of phosphoric acid groups is 1. The second kappa shape index (κ2) is 68.6. The maximum atomic E-state index is 13.1. The Balaban J connectivity index is 3.87. The quantitative estimate of drug-likeness (QED) is 0.0272. The number of unbranched alkanes of at least 4 members (excludes halogenated alkanes) is 61. The Bertz CT molecular complexity index is 1410. The molecule has 8 nitrogen and oxygen atoms in total. The number of carbonyl (C=O) groups is 1. The molecule has 514 valence electrons. The van der Waals surface area contributed by atoms with Gasteiger partial charge in [0.2, 0.25) is 5.91 Å². The van der Waals surface area contributed by atoms with Crippen molar-refractivity contribution in [1.82, 2.24) is 5.32 Å². The number of aliphatic hydroxyl groups excluding tert-OH is 1. The van der Waals surface area contributed by atoms with Crippen LogP contribution in [-0.2, 0) is 18.4 Å². The first-order chi connectivity index (χ1) is 42.0. The van der Waals surface area contributed by atoms with Crippen molar-refractivity contribution in [3.63, 3.8) is 0 Å². The molecule has 0 spiro atoms. The van der Waals surface area contributed by atoms with Crippen LogP contribution in [0.2, 0.25) is 0 Å². The number of hydrogen-bond acceptors (Lipinski definition) is 6. The van der Waals surface area contributed by atoms with Gasteiger partial charge in [-0.1, -0.05) is 411 Å². The van der Waals surface area contributed by atoms with Crippen LogP contribution in [0.4, 0.5) is 0 Å². The molecule has 0 aliphatic carbocycles. The molecule has 0 bridgehead atoms. The standard InChI is InChI=1S/C77H155N2O6P/c1-6-8-10-12-14-16-18-20-22-24-26-28-30-31-32-33-34-35-36-37-38-39-40-41-42-43-44-45-46-47-49-51-53-55-57-59-61-63-65-67-69-71-77(81)78-75(74-85-86(82,83)84-73-72-79(3,4)5)76(80)70-68-66-64-62-60-58-56-54-52-50-48-29-27-25-23-21-19-17-15-13-11-9-7-2/h68,70,75-76,80H,6-67,69,71-74H2,1-5H3,(H-,78,81,82,83)/b70-68+. The molecule has 86 heavy (non-hydrogen) atoms. The van der Waals surface area contributed by atoms with Crippen molar-refractivity contribution in [2.45, 2.75) is 437 Å². The van der Waals surface area contributed by atoms with E-state index in [1.807, 2.05) is 27.2 Å². The van der Waals surface area contributed by atoms with Gasteiger partial charge >= 0.3 is 0 Å². The summed E-state index contributed by atoms with van der Waals surface area (Å²) in [5.41, 5.74) is 0. The first-order valence-corrected chi connectivity index (χ1v) is 40.5. The highest BCUT2D eigenvalue weighted by Crippen LogP contribution is 2.38. The lowest BCUT2D eigenvalue weighted by Crippen LogP contribution is -2.45. The molecule has 0 saturated carbocycles. The molecule has 0 saturated heterocycles. The van der Waals surface area contributed by atoms with Gasteiger partial charge < -0.3 is 28.8 Å². The molecule has 0 aromatic carbocycles. The summed E-state index contributed by atoms with van der Waals surface area (Å²) in [6.45, 7) is 4.73. The number of hydrogen-bond donors (Lipinski definition) is 2. The molecule has 0 fully saturated rings. The zero-order chi connectivity index (χ0) is 62.6. The minimum absolute atomic E-state index is 0.00305. The Hall–Kier alpha value is -0.760. The van der Waals surface area contributed by atoms with Crippen LogP contribution in [-0.4, -0.2) is 68.5 Å². The molecule has 0 rings (SSSR count). The summed E-state index contributed by atoms with van der Waals surface area (Å²) in [5.74, 6) is -0.186. The predicted octanol–water partition coefficient (Wildman–Crippen LogP) is 24.6. The average molecular weight is 1240 g/mol. The molecule has 0 radical (unpaired) electrons. The number of rotatable bonds is 74. The summed E-state index contributed by atoms with van der Waals surface area (Å²) in [4.78, 5) is 25.7. The number of nitrogens with one attached hydrogen (secondary N) is 1. The second-order valence-corrected chi connectivity index (χ2v) is 29.8. The van der Waals surface area contributed by atoms with Crippen LogP contribution in [0.15, 0.2) is 12.2 Å². The summed E-state index contributed by atoms with van der Waals surface area (Å²) in [5, 5.41) is 14.0. The molecular formula is C77H155N2O6P. The van der Waals surface area contributed by atoms with Crippen molar-refractivity contribution < 1.29 is 32.9 Å². The van der Waals surface area contributed by atoms with Crippen molar-refractivity contribution in [2.75, 3.05) is 40.9 Å². The lowest BCUT2D eigenvalue weighted by molar-refractivity contribution is -0.870. The highest BCUT2D eigenvalue weighted by atomic mass is 31.2. The monoisotopic (exact) mass is 1240 g/mol. The van der Waals surface area contributed by atoms with E-state index in [0.29, 0.717) is 17.4 Å². The van der Waals surface area contributed by atoms with Crippen molar-refractivity contribution in [1.29, 1.82) is 0 Å². The van der Waals surface area contributed by atoms with Crippen LogP contribution in [0, 0.1) is 0 Å². The molecule has 3 unspecified atom stereocenters. The maximum Gasteiger partial charge on any atom is 0.268 e. The third-order valence-corrected chi connectivity index (χ3v) is 19.5. The van der Waals surface area contributed by atoms with E-state index in [1.165, 1.54) is 366 Å². The number of likely N-dealkylation sites (N-methyl/N-ethyl adjacent to an activating group) is 1. The fourth-order valence-electron chi connectivity index (χ4n) is 12.5. The molecule has 0 heterocycles. The van der Waals surface area contributed by atoms with Gasteiger partial charge in [0.15, 0.2) is 0 Å². The van der Waals surface area contributed by atoms with Gasteiger partial charge in [-0.2, -0.15) is 0 Å². The highest BCUT2D eigenvalue weighted by Gasteiger charge is 2.23.